The molecule has 3 nitrogen and oxygen atoms in total. The molecule has 1 aliphatic carbocycles. The Morgan fingerprint density at radius 3 is 2.91 bits per heavy atom. The van der Waals surface area contributed by atoms with Gasteiger partial charge >= 0.3 is 0 Å². The molecular formula is C7H10N2OS. The summed E-state index contributed by atoms with van der Waals surface area (Å²) in [5, 5.41) is 5.01. The molecule has 1 amide bonds. The van der Waals surface area contributed by atoms with Gasteiger partial charge in [0.1, 0.15) is 6.04 Å². The van der Waals surface area contributed by atoms with Crippen molar-refractivity contribution in [2.75, 3.05) is 0 Å². The third-order valence-corrected chi connectivity index (χ3v) is 1.65. The van der Waals surface area contributed by atoms with Crippen molar-refractivity contribution in [3.05, 3.63) is 0 Å². The van der Waals surface area contributed by atoms with Crippen LogP contribution >= 0.6 is 12.2 Å². The number of carbonyl (C=O) groups is 1. The summed E-state index contributed by atoms with van der Waals surface area (Å²) in [6.45, 7) is 1.71. The van der Waals surface area contributed by atoms with E-state index in [9.17, 15) is 4.79 Å². The average molecular weight is 170 g/mol. The van der Waals surface area contributed by atoms with Gasteiger partial charge in [-0.05, 0) is 32.0 Å². The third-order valence-electron chi connectivity index (χ3n) is 1.55. The summed E-state index contributed by atoms with van der Waals surface area (Å²) in [6, 6.07) is 0.0124. The molecule has 11 heavy (non-hydrogen) atoms. The maximum Gasteiger partial charge on any atom is 0.245 e. The lowest BCUT2D eigenvalue weighted by molar-refractivity contribution is -0.122. The van der Waals surface area contributed by atoms with Gasteiger partial charge < -0.3 is 5.32 Å². The molecule has 1 aliphatic rings. The van der Waals surface area contributed by atoms with Crippen molar-refractivity contribution in [1.82, 2.24) is 5.32 Å². The molecule has 0 saturated heterocycles. The molecule has 0 aromatic rings. The van der Waals surface area contributed by atoms with Gasteiger partial charge in [0.05, 0.1) is 5.16 Å². The first kappa shape index (κ1) is 8.37. The molecule has 0 bridgehead atoms. The number of thiocarbonyl (C=S) groups is 1. The predicted molar refractivity (Wildman–Crippen MR) is 45.7 cm³/mol. The molecule has 1 saturated carbocycles. The standard InChI is InChI=1S/C7H10N2OS/c1-5(8-4-11)7(10)9-6-2-3-6/h5-6H,2-3H2,1H3,(H,9,10). The molecule has 4 heteroatoms. The van der Waals surface area contributed by atoms with E-state index in [0.717, 1.165) is 12.8 Å². The highest BCUT2D eigenvalue weighted by Crippen LogP contribution is 2.18. The summed E-state index contributed by atoms with van der Waals surface area (Å²) in [7, 11) is 0. The maximum atomic E-state index is 11.1. The van der Waals surface area contributed by atoms with Crippen LogP contribution in [-0.2, 0) is 4.79 Å². The summed E-state index contributed by atoms with van der Waals surface area (Å²) in [5.41, 5.74) is 0. The Hall–Kier alpha value is -0.730. The number of rotatable bonds is 3. The maximum absolute atomic E-state index is 11.1. The largest absolute Gasteiger partial charge is 0.351 e. The van der Waals surface area contributed by atoms with Gasteiger partial charge in [-0.25, -0.2) is 4.99 Å². The van der Waals surface area contributed by atoms with Crippen LogP contribution in [0.2, 0.25) is 0 Å². The van der Waals surface area contributed by atoms with Crippen molar-refractivity contribution in [3.63, 3.8) is 0 Å². The first-order chi connectivity index (χ1) is 5.24. The van der Waals surface area contributed by atoms with Gasteiger partial charge in [-0.2, -0.15) is 0 Å². The zero-order valence-electron chi connectivity index (χ0n) is 6.33. The minimum Gasteiger partial charge on any atom is -0.351 e. The Morgan fingerprint density at radius 1 is 1.82 bits per heavy atom. The van der Waals surface area contributed by atoms with Crippen LogP contribution in [0, 0.1) is 0 Å². The summed E-state index contributed by atoms with van der Waals surface area (Å²) >= 11 is 4.38. The number of hydrogen-bond donors (Lipinski definition) is 1. The predicted octanol–water partition coefficient (Wildman–Crippen LogP) is 0.756. The van der Waals surface area contributed by atoms with E-state index in [4.69, 9.17) is 0 Å². The van der Waals surface area contributed by atoms with E-state index in [1.807, 2.05) is 0 Å². The number of nitrogens with one attached hydrogen (secondary N) is 1. The van der Waals surface area contributed by atoms with Crippen LogP contribution in [-0.4, -0.2) is 23.2 Å². The minimum absolute atomic E-state index is 0.0511. The zero-order valence-corrected chi connectivity index (χ0v) is 7.15. The SMILES string of the molecule is CC(N=C=S)C(=O)NC1CC1. The molecule has 0 spiro atoms. The molecule has 1 unspecified atom stereocenters. The van der Waals surface area contributed by atoms with Crippen LogP contribution in [0.1, 0.15) is 19.8 Å². The van der Waals surface area contributed by atoms with Crippen molar-refractivity contribution >= 4 is 23.3 Å². The van der Waals surface area contributed by atoms with Crippen LogP contribution in [0.25, 0.3) is 0 Å². The van der Waals surface area contributed by atoms with Gasteiger partial charge in [-0.3, -0.25) is 4.79 Å². The van der Waals surface area contributed by atoms with Gasteiger partial charge in [-0.1, -0.05) is 0 Å². The number of carbonyl (C=O) groups excluding carboxylic acids is 1. The van der Waals surface area contributed by atoms with Crippen molar-refractivity contribution in [3.8, 4) is 0 Å². The van der Waals surface area contributed by atoms with Gasteiger partial charge in [0, 0.05) is 6.04 Å². The molecule has 0 aliphatic heterocycles. The number of aliphatic imine (C=N–C) groups is 1. The number of amides is 1. The Labute approximate surface area is 70.9 Å². The summed E-state index contributed by atoms with van der Waals surface area (Å²) < 4.78 is 0. The Bertz CT molecular complexity index is 206. The van der Waals surface area contributed by atoms with Crippen LogP contribution in [0.3, 0.4) is 0 Å². The topological polar surface area (TPSA) is 41.5 Å². The molecule has 0 aromatic carbocycles. The highest BCUT2D eigenvalue weighted by Gasteiger charge is 2.25. The first-order valence-electron chi connectivity index (χ1n) is 3.61. The zero-order chi connectivity index (χ0) is 8.27. The Kier molecular flexibility index (Phi) is 2.74. The van der Waals surface area contributed by atoms with E-state index in [1.54, 1.807) is 6.92 Å². The molecule has 1 atom stereocenters. The van der Waals surface area contributed by atoms with Crippen LogP contribution in [0.15, 0.2) is 4.99 Å². The lowest BCUT2D eigenvalue weighted by atomic mass is 10.3. The lowest BCUT2D eigenvalue weighted by Crippen LogP contribution is -2.33. The molecule has 1 fully saturated rings. The average Bonchev–Trinajstić information content (AvgIpc) is 2.72. The van der Waals surface area contributed by atoms with E-state index < -0.39 is 0 Å². The lowest BCUT2D eigenvalue weighted by Gasteiger charge is -2.04. The Morgan fingerprint density at radius 2 is 2.45 bits per heavy atom. The van der Waals surface area contributed by atoms with Crippen LogP contribution < -0.4 is 5.32 Å². The van der Waals surface area contributed by atoms with Gasteiger partial charge in [0.15, 0.2) is 0 Å². The van der Waals surface area contributed by atoms with Gasteiger partial charge in [-0.15, -0.1) is 0 Å². The van der Waals surface area contributed by atoms with E-state index in [1.165, 1.54) is 0 Å². The fourth-order valence-electron chi connectivity index (χ4n) is 0.687. The van der Waals surface area contributed by atoms with E-state index in [2.05, 4.69) is 27.7 Å². The molecular weight excluding hydrogens is 160 g/mol. The quantitative estimate of drug-likeness (QED) is 0.502. The van der Waals surface area contributed by atoms with E-state index >= 15 is 0 Å². The van der Waals surface area contributed by atoms with Crippen molar-refractivity contribution in [2.24, 2.45) is 4.99 Å². The van der Waals surface area contributed by atoms with Gasteiger partial charge in [0.2, 0.25) is 5.91 Å². The van der Waals surface area contributed by atoms with Crippen molar-refractivity contribution in [1.29, 1.82) is 0 Å². The molecule has 0 heterocycles. The summed E-state index contributed by atoms with van der Waals surface area (Å²) in [5.74, 6) is -0.0511. The second-order valence-electron chi connectivity index (χ2n) is 2.68. The fourth-order valence-corrected chi connectivity index (χ4v) is 0.845. The van der Waals surface area contributed by atoms with Crippen molar-refractivity contribution < 1.29 is 4.79 Å². The smallest absolute Gasteiger partial charge is 0.245 e. The first-order valence-corrected chi connectivity index (χ1v) is 4.02. The molecule has 0 radical (unpaired) electrons. The molecule has 1 rings (SSSR count). The normalized spacial score (nSPS) is 18.3. The van der Waals surface area contributed by atoms with E-state index in [-0.39, 0.29) is 11.9 Å². The summed E-state index contributed by atoms with van der Waals surface area (Å²) in [4.78, 5) is 14.8. The second kappa shape index (κ2) is 3.60. The highest BCUT2D eigenvalue weighted by molar-refractivity contribution is 7.78. The molecule has 60 valence electrons. The van der Waals surface area contributed by atoms with Crippen LogP contribution in [0.4, 0.5) is 0 Å². The highest BCUT2D eigenvalue weighted by atomic mass is 32.1. The summed E-state index contributed by atoms with van der Waals surface area (Å²) in [6.07, 6.45) is 2.19. The minimum atomic E-state index is -0.381. The molecule has 1 N–H and O–H groups in total. The van der Waals surface area contributed by atoms with Crippen LogP contribution in [0.5, 0.6) is 0 Å². The van der Waals surface area contributed by atoms with Crippen molar-refractivity contribution in [2.45, 2.75) is 31.8 Å². The number of nitrogens with zero attached hydrogens (tertiary/aromatic N) is 1. The van der Waals surface area contributed by atoms with Gasteiger partial charge in [0.25, 0.3) is 0 Å². The molecule has 0 aromatic heterocycles. The number of isothiocyanates is 1. The fraction of sp³-hybridized carbons (Fsp3) is 0.714. The Balaban J connectivity index is 2.32. The monoisotopic (exact) mass is 170 g/mol. The number of hydrogen-bond acceptors (Lipinski definition) is 3. The second-order valence-corrected chi connectivity index (χ2v) is 2.86. The van der Waals surface area contributed by atoms with E-state index in [0.29, 0.717) is 6.04 Å². The third kappa shape index (κ3) is 2.78.